The molecular weight excluding hydrogens is 352 g/mol. The van der Waals surface area contributed by atoms with Crippen molar-refractivity contribution in [3.8, 4) is 0 Å². The van der Waals surface area contributed by atoms with Gasteiger partial charge in [-0.2, -0.15) is 0 Å². The van der Waals surface area contributed by atoms with Gasteiger partial charge in [0.15, 0.2) is 9.84 Å². The van der Waals surface area contributed by atoms with Gasteiger partial charge in [0.25, 0.3) is 0 Å². The molecule has 0 saturated heterocycles. The van der Waals surface area contributed by atoms with Crippen molar-refractivity contribution in [3.05, 3.63) is 35.9 Å². The highest BCUT2D eigenvalue weighted by atomic mass is 32.2. The molecule has 0 aliphatic heterocycles. The molecule has 1 aliphatic rings. The average molecular weight is 381 g/mol. The molecule has 7 heteroatoms. The van der Waals surface area contributed by atoms with Crippen LogP contribution in [0.15, 0.2) is 30.3 Å². The fourth-order valence-electron chi connectivity index (χ4n) is 3.18. The van der Waals surface area contributed by atoms with Crippen LogP contribution in [-0.4, -0.2) is 44.8 Å². The van der Waals surface area contributed by atoms with Crippen LogP contribution >= 0.6 is 0 Å². The lowest BCUT2D eigenvalue weighted by Crippen LogP contribution is -2.39. The average Bonchev–Trinajstić information content (AvgIpc) is 3.13. The van der Waals surface area contributed by atoms with Crippen LogP contribution in [0.25, 0.3) is 0 Å². The maximum absolute atomic E-state index is 12.0. The first-order valence-corrected chi connectivity index (χ1v) is 11.1. The number of rotatable bonds is 10. The Morgan fingerprint density at radius 2 is 1.65 bits per heavy atom. The third-order valence-corrected chi connectivity index (χ3v) is 6.20. The molecule has 1 aromatic carbocycles. The molecule has 1 fully saturated rings. The minimum Gasteiger partial charge on any atom is -0.354 e. The molecule has 0 radical (unpaired) electrons. The Morgan fingerprint density at radius 1 is 1.00 bits per heavy atom. The van der Waals surface area contributed by atoms with E-state index in [1.165, 1.54) is 0 Å². The van der Waals surface area contributed by atoms with Gasteiger partial charge < -0.3 is 10.6 Å². The SMILES string of the molecule is O=C(CS(=O)(=O)CCCc1ccccc1)NCCNC(=O)C1CCCC1. The smallest absolute Gasteiger partial charge is 0.235 e. The minimum atomic E-state index is -3.42. The van der Waals surface area contributed by atoms with E-state index in [4.69, 9.17) is 0 Å². The zero-order valence-corrected chi connectivity index (χ0v) is 15.9. The second kappa shape index (κ2) is 10.3. The van der Waals surface area contributed by atoms with Crippen LogP contribution in [0.1, 0.15) is 37.7 Å². The van der Waals surface area contributed by atoms with Crippen LogP contribution in [0, 0.1) is 5.92 Å². The van der Waals surface area contributed by atoms with Gasteiger partial charge in [-0.1, -0.05) is 43.2 Å². The van der Waals surface area contributed by atoms with E-state index in [0.29, 0.717) is 19.4 Å². The molecule has 6 nitrogen and oxygen atoms in total. The number of benzene rings is 1. The highest BCUT2D eigenvalue weighted by molar-refractivity contribution is 7.92. The van der Waals surface area contributed by atoms with Gasteiger partial charge in [-0.25, -0.2) is 8.42 Å². The van der Waals surface area contributed by atoms with E-state index in [1.807, 2.05) is 30.3 Å². The van der Waals surface area contributed by atoms with Gasteiger partial charge in [-0.15, -0.1) is 0 Å². The van der Waals surface area contributed by atoms with Crippen LogP contribution in [0.4, 0.5) is 0 Å². The number of hydrogen-bond donors (Lipinski definition) is 2. The fraction of sp³-hybridized carbons (Fsp3) is 0.579. The number of sulfone groups is 1. The number of carbonyl (C=O) groups excluding carboxylic acids is 2. The summed E-state index contributed by atoms with van der Waals surface area (Å²) >= 11 is 0. The molecule has 0 spiro atoms. The molecule has 0 heterocycles. The van der Waals surface area contributed by atoms with Crippen molar-refractivity contribution >= 4 is 21.7 Å². The lowest BCUT2D eigenvalue weighted by Gasteiger charge is -2.11. The maximum Gasteiger partial charge on any atom is 0.235 e. The first kappa shape index (κ1) is 20.4. The van der Waals surface area contributed by atoms with E-state index < -0.39 is 21.5 Å². The van der Waals surface area contributed by atoms with Crippen molar-refractivity contribution in [1.82, 2.24) is 10.6 Å². The van der Waals surface area contributed by atoms with Gasteiger partial charge in [0.05, 0.1) is 5.75 Å². The van der Waals surface area contributed by atoms with Crippen molar-refractivity contribution in [1.29, 1.82) is 0 Å². The van der Waals surface area contributed by atoms with Gasteiger partial charge in [-0.3, -0.25) is 9.59 Å². The van der Waals surface area contributed by atoms with Gasteiger partial charge in [0, 0.05) is 19.0 Å². The lowest BCUT2D eigenvalue weighted by molar-refractivity contribution is -0.125. The fourth-order valence-corrected chi connectivity index (χ4v) is 4.41. The minimum absolute atomic E-state index is 0.00622. The topological polar surface area (TPSA) is 92.3 Å². The van der Waals surface area contributed by atoms with Crippen molar-refractivity contribution < 1.29 is 18.0 Å². The number of nitrogens with one attached hydrogen (secondary N) is 2. The molecule has 1 aromatic rings. The number of hydrogen-bond acceptors (Lipinski definition) is 4. The third-order valence-electron chi connectivity index (χ3n) is 4.59. The Kier molecular flexibility index (Phi) is 8.09. The molecule has 1 saturated carbocycles. The molecule has 2 N–H and O–H groups in total. The Labute approximate surface area is 155 Å². The van der Waals surface area contributed by atoms with Crippen LogP contribution in [0.2, 0.25) is 0 Å². The molecule has 0 bridgehead atoms. The van der Waals surface area contributed by atoms with Crippen LogP contribution in [0.3, 0.4) is 0 Å². The first-order valence-electron chi connectivity index (χ1n) is 9.25. The van der Waals surface area contributed by atoms with Crippen molar-refractivity contribution in [2.24, 2.45) is 5.92 Å². The van der Waals surface area contributed by atoms with E-state index in [0.717, 1.165) is 31.2 Å². The predicted molar refractivity (Wildman–Crippen MR) is 101 cm³/mol. The summed E-state index contributed by atoms with van der Waals surface area (Å²) in [6.07, 6.45) is 5.22. The molecule has 2 amide bonds. The van der Waals surface area contributed by atoms with Crippen molar-refractivity contribution in [2.75, 3.05) is 24.6 Å². The molecule has 26 heavy (non-hydrogen) atoms. The zero-order chi connectivity index (χ0) is 18.8. The zero-order valence-electron chi connectivity index (χ0n) is 15.1. The quantitative estimate of drug-likeness (QED) is 0.601. The summed E-state index contributed by atoms with van der Waals surface area (Å²) in [6, 6.07) is 9.67. The summed E-state index contributed by atoms with van der Waals surface area (Å²) in [5.74, 6) is -0.896. The Hall–Kier alpha value is -1.89. The predicted octanol–water partition coefficient (Wildman–Crippen LogP) is 1.46. The van der Waals surface area contributed by atoms with E-state index in [2.05, 4.69) is 10.6 Å². The van der Waals surface area contributed by atoms with E-state index in [9.17, 15) is 18.0 Å². The summed E-state index contributed by atoms with van der Waals surface area (Å²) in [5.41, 5.74) is 1.09. The van der Waals surface area contributed by atoms with Gasteiger partial charge in [0.1, 0.15) is 5.75 Å². The van der Waals surface area contributed by atoms with Crippen LogP contribution < -0.4 is 10.6 Å². The molecule has 2 rings (SSSR count). The third kappa shape index (κ3) is 7.56. The molecule has 0 atom stereocenters. The second-order valence-corrected chi connectivity index (χ2v) is 8.99. The first-order chi connectivity index (χ1) is 12.5. The van der Waals surface area contributed by atoms with Crippen LogP contribution in [-0.2, 0) is 25.8 Å². The lowest BCUT2D eigenvalue weighted by atomic mass is 10.1. The molecule has 0 unspecified atom stereocenters. The number of aryl methyl sites for hydroxylation is 1. The maximum atomic E-state index is 12.0. The standard InChI is InChI=1S/C19H28N2O4S/c22-18(20-12-13-21-19(23)17-10-4-5-11-17)15-26(24,25)14-6-9-16-7-2-1-3-8-16/h1-3,7-8,17H,4-6,9-15H2,(H,20,22)(H,21,23). The Morgan fingerprint density at radius 3 is 2.35 bits per heavy atom. The largest absolute Gasteiger partial charge is 0.354 e. The molecule has 0 aromatic heterocycles. The number of carbonyl (C=O) groups is 2. The highest BCUT2D eigenvalue weighted by Crippen LogP contribution is 2.24. The van der Waals surface area contributed by atoms with Gasteiger partial charge in [0.2, 0.25) is 11.8 Å². The van der Waals surface area contributed by atoms with E-state index in [1.54, 1.807) is 0 Å². The Bertz CT molecular complexity index is 683. The monoisotopic (exact) mass is 380 g/mol. The molecule has 144 valence electrons. The second-order valence-electron chi connectivity index (χ2n) is 6.80. The normalized spacial score (nSPS) is 14.9. The summed E-state index contributed by atoms with van der Waals surface area (Å²) < 4.78 is 24.0. The van der Waals surface area contributed by atoms with Crippen molar-refractivity contribution in [3.63, 3.8) is 0 Å². The van der Waals surface area contributed by atoms with Crippen LogP contribution in [0.5, 0.6) is 0 Å². The summed E-state index contributed by atoms with van der Waals surface area (Å²) in [6.45, 7) is 0.575. The Balaban J connectivity index is 1.59. The summed E-state index contributed by atoms with van der Waals surface area (Å²) in [5, 5.41) is 5.35. The molecule has 1 aliphatic carbocycles. The molecular formula is C19H28N2O4S. The van der Waals surface area contributed by atoms with E-state index >= 15 is 0 Å². The summed E-state index contributed by atoms with van der Waals surface area (Å²) in [7, 11) is -3.42. The van der Waals surface area contributed by atoms with Gasteiger partial charge in [-0.05, 0) is 31.2 Å². The number of amides is 2. The highest BCUT2D eigenvalue weighted by Gasteiger charge is 2.22. The van der Waals surface area contributed by atoms with Crippen molar-refractivity contribution in [2.45, 2.75) is 38.5 Å². The summed E-state index contributed by atoms with van der Waals surface area (Å²) in [4.78, 5) is 23.6. The van der Waals surface area contributed by atoms with E-state index in [-0.39, 0.29) is 24.1 Å². The van der Waals surface area contributed by atoms with Gasteiger partial charge >= 0.3 is 0 Å².